The minimum Gasteiger partial charge on any atom is -0.324 e. The largest absolute Gasteiger partial charge is 0.324 e. The van der Waals surface area contributed by atoms with Gasteiger partial charge < -0.3 is 10.3 Å². The third-order valence-corrected chi connectivity index (χ3v) is 4.52. The van der Waals surface area contributed by atoms with E-state index in [9.17, 15) is 4.39 Å². The summed E-state index contributed by atoms with van der Waals surface area (Å²) in [6, 6.07) is 6.75. The summed E-state index contributed by atoms with van der Waals surface area (Å²) < 4.78 is 16.2. The summed E-state index contributed by atoms with van der Waals surface area (Å²) in [7, 11) is 0. The summed E-state index contributed by atoms with van der Waals surface area (Å²) >= 11 is 6.05. The first-order valence-corrected chi connectivity index (χ1v) is 7.58. The Hall–Kier alpha value is -1.32. The number of hydrogen-bond donors (Lipinski definition) is 1. The zero-order chi connectivity index (χ0) is 15.4. The zero-order valence-corrected chi connectivity index (χ0v) is 13.3. The van der Waals surface area contributed by atoms with Gasteiger partial charge in [0.2, 0.25) is 0 Å². The van der Waals surface area contributed by atoms with Crippen LogP contribution in [0.3, 0.4) is 0 Å². The molecule has 1 aromatic carbocycles. The fourth-order valence-electron chi connectivity index (χ4n) is 3.44. The van der Waals surface area contributed by atoms with Crippen LogP contribution in [0.25, 0.3) is 5.69 Å². The second-order valence-electron chi connectivity index (χ2n) is 6.77. The molecule has 0 amide bonds. The Bertz CT molecular complexity index is 703. The molecular weight excluding hydrogens is 287 g/mol. The summed E-state index contributed by atoms with van der Waals surface area (Å²) in [5, 5.41) is 0.535. The van der Waals surface area contributed by atoms with Crippen LogP contribution in [-0.2, 0) is 6.42 Å². The quantitative estimate of drug-likeness (QED) is 0.823. The highest BCUT2D eigenvalue weighted by molar-refractivity contribution is 6.30. The average molecular weight is 307 g/mol. The van der Waals surface area contributed by atoms with Gasteiger partial charge in [-0.15, -0.1) is 0 Å². The van der Waals surface area contributed by atoms with Crippen LogP contribution in [0, 0.1) is 18.2 Å². The Labute approximate surface area is 129 Å². The molecule has 1 unspecified atom stereocenters. The van der Waals surface area contributed by atoms with Crippen molar-refractivity contribution in [1.29, 1.82) is 0 Å². The Morgan fingerprint density at radius 2 is 2.05 bits per heavy atom. The van der Waals surface area contributed by atoms with Crippen LogP contribution in [-0.4, -0.2) is 4.57 Å². The first-order chi connectivity index (χ1) is 9.78. The van der Waals surface area contributed by atoms with Crippen LogP contribution in [0.2, 0.25) is 5.02 Å². The lowest BCUT2D eigenvalue weighted by Gasteiger charge is -2.34. The van der Waals surface area contributed by atoms with Crippen LogP contribution in [0.15, 0.2) is 24.3 Å². The van der Waals surface area contributed by atoms with Crippen molar-refractivity contribution in [3.63, 3.8) is 0 Å². The number of nitrogens with two attached hydrogens (primary N) is 1. The molecule has 112 valence electrons. The number of fused-ring (bicyclic) bond motifs is 1. The van der Waals surface area contributed by atoms with E-state index in [1.54, 1.807) is 12.1 Å². The molecule has 0 fully saturated rings. The van der Waals surface area contributed by atoms with Gasteiger partial charge in [-0.1, -0.05) is 25.4 Å². The van der Waals surface area contributed by atoms with Crippen LogP contribution in [0.5, 0.6) is 0 Å². The molecule has 1 aliphatic rings. The summed E-state index contributed by atoms with van der Waals surface area (Å²) in [4.78, 5) is 0. The van der Waals surface area contributed by atoms with Gasteiger partial charge in [0, 0.05) is 22.5 Å². The summed E-state index contributed by atoms with van der Waals surface area (Å²) in [6.45, 7) is 6.39. The van der Waals surface area contributed by atoms with Gasteiger partial charge in [-0.05, 0) is 55.0 Å². The Morgan fingerprint density at radius 3 is 2.76 bits per heavy atom. The highest BCUT2D eigenvalue weighted by Gasteiger charge is 2.33. The molecule has 0 saturated carbocycles. The molecule has 4 heteroatoms. The van der Waals surface area contributed by atoms with E-state index in [4.69, 9.17) is 17.3 Å². The maximum absolute atomic E-state index is 14.3. The van der Waals surface area contributed by atoms with Crippen LogP contribution >= 0.6 is 11.6 Å². The summed E-state index contributed by atoms with van der Waals surface area (Å²) in [6.07, 6.45) is 1.83. The van der Waals surface area contributed by atoms with E-state index < -0.39 is 0 Å². The number of halogens is 2. The first kappa shape index (κ1) is 14.6. The van der Waals surface area contributed by atoms with E-state index in [0.717, 1.165) is 29.8 Å². The minimum absolute atomic E-state index is 0.00551. The van der Waals surface area contributed by atoms with Gasteiger partial charge in [0.1, 0.15) is 5.82 Å². The zero-order valence-electron chi connectivity index (χ0n) is 12.6. The van der Waals surface area contributed by atoms with Crippen molar-refractivity contribution in [2.45, 2.75) is 39.7 Å². The van der Waals surface area contributed by atoms with E-state index in [2.05, 4.69) is 19.9 Å². The number of hydrogen-bond acceptors (Lipinski definition) is 1. The highest BCUT2D eigenvalue weighted by atomic mass is 35.5. The number of nitrogens with zero attached hydrogens (tertiary/aromatic N) is 1. The van der Waals surface area contributed by atoms with Crippen LogP contribution in [0.1, 0.15) is 43.3 Å². The van der Waals surface area contributed by atoms with Crippen molar-refractivity contribution in [2.24, 2.45) is 11.1 Å². The molecule has 2 aromatic rings. The van der Waals surface area contributed by atoms with Crippen LogP contribution < -0.4 is 5.73 Å². The van der Waals surface area contributed by atoms with Gasteiger partial charge in [0.15, 0.2) is 0 Å². The van der Waals surface area contributed by atoms with Crippen molar-refractivity contribution in [2.75, 3.05) is 0 Å². The number of aromatic nitrogens is 1. The Morgan fingerprint density at radius 1 is 1.33 bits per heavy atom. The summed E-state index contributed by atoms with van der Waals surface area (Å²) in [5.74, 6) is -0.266. The van der Waals surface area contributed by atoms with E-state index in [-0.39, 0.29) is 17.3 Å². The second-order valence-corrected chi connectivity index (χ2v) is 7.21. The molecule has 2 N–H and O–H groups in total. The van der Waals surface area contributed by atoms with E-state index in [1.165, 1.54) is 6.07 Å². The summed E-state index contributed by atoms with van der Waals surface area (Å²) in [5.41, 5.74) is 10.2. The molecule has 0 spiro atoms. The number of aryl methyl sites for hydroxylation is 1. The SMILES string of the molecule is Cc1cc2c(n1-c1cc(Cl)ccc1F)CC(C)(C)CC2N. The van der Waals surface area contributed by atoms with Crippen LogP contribution in [0.4, 0.5) is 4.39 Å². The molecule has 3 rings (SSSR count). The molecule has 1 atom stereocenters. The van der Waals surface area contributed by atoms with E-state index in [1.807, 2.05) is 11.5 Å². The molecule has 1 aromatic heterocycles. The van der Waals surface area contributed by atoms with Gasteiger partial charge in [0.25, 0.3) is 0 Å². The van der Waals surface area contributed by atoms with Crippen molar-refractivity contribution in [1.82, 2.24) is 4.57 Å². The predicted molar refractivity (Wildman–Crippen MR) is 84.5 cm³/mol. The molecule has 1 aliphatic carbocycles. The fraction of sp³-hybridized carbons (Fsp3) is 0.412. The molecule has 0 bridgehead atoms. The molecule has 21 heavy (non-hydrogen) atoms. The van der Waals surface area contributed by atoms with Gasteiger partial charge in [-0.25, -0.2) is 4.39 Å². The lowest BCUT2D eigenvalue weighted by molar-refractivity contribution is 0.278. The third kappa shape index (κ3) is 2.49. The topological polar surface area (TPSA) is 30.9 Å². The smallest absolute Gasteiger partial charge is 0.147 e. The number of rotatable bonds is 1. The van der Waals surface area contributed by atoms with Crippen molar-refractivity contribution in [3.05, 3.63) is 52.1 Å². The van der Waals surface area contributed by atoms with Gasteiger partial charge >= 0.3 is 0 Å². The average Bonchev–Trinajstić information content (AvgIpc) is 2.68. The number of benzene rings is 1. The van der Waals surface area contributed by atoms with Gasteiger partial charge in [-0.2, -0.15) is 0 Å². The Kier molecular flexibility index (Phi) is 3.38. The highest BCUT2D eigenvalue weighted by Crippen LogP contribution is 2.42. The minimum atomic E-state index is -0.266. The van der Waals surface area contributed by atoms with Crippen molar-refractivity contribution < 1.29 is 4.39 Å². The lowest BCUT2D eigenvalue weighted by Crippen LogP contribution is -2.30. The maximum atomic E-state index is 14.3. The fourth-order valence-corrected chi connectivity index (χ4v) is 3.61. The van der Waals surface area contributed by atoms with Crippen molar-refractivity contribution >= 4 is 11.6 Å². The monoisotopic (exact) mass is 306 g/mol. The normalized spacial score (nSPS) is 20.4. The predicted octanol–water partition coefficient (Wildman–Crippen LogP) is 4.55. The van der Waals surface area contributed by atoms with E-state index in [0.29, 0.717) is 10.7 Å². The van der Waals surface area contributed by atoms with Gasteiger partial charge in [-0.3, -0.25) is 0 Å². The lowest BCUT2D eigenvalue weighted by atomic mass is 9.74. The van der Waals surface area contributed by atoms with E-state index >= 15 is 0 Å². The molecule has 2 nitrogen and oxygen atoms in total. The molecule has 0 aliphatic heterocycles. The first-order valence-electron chi connectivity index (χ1n) is 7.21. The molecule has 0 saturated heterocycles. The van der Waals surface area contributed by atoms with Crippen molar-refractivity contribution in [3.8, 4) is 5.69 Å². The second kappa shape index (κ2) is 4.85. The molecule has 0 radical (unpaired) electrons. The third-order valence-electron chi connectivity index (χ3n) is 4.29. The van der Waals surface area contributed by atoms with Gasteiger partial charge in [0.05, 0.1) is 5.69 Å². The molecule has 1 heterocycles. The standard InChI is InChI=1S/C17H20ClFN2/c1-10-6-12-14(20)8-17(2,3)9-16(12)21(10)15-7-11(18)4-5-13(15)19/h4-7,14H,8-9,20H2,1-3H3. The Balaban J connectivity index is 2.23. The maximum Gasteiger partial charge on any atom is 0.147 e. The molecular formula is C17H20ClFN2.